The molecule has 5 heteroatoms. The summed E-state index contributed by atoms with van der Waals surface area (Å²) < 4.78 is 0. The maximum Gasteiger partial charge on any atom is 0.117 e. The predicted molar refractivity (Wildman–Crippen MR) is 81.3 cm³/mol. The predicted octanol–water partition coefficient (Wildman–Crippen LogP) is 2.72. The number of nitrogens with one attached hydrogen (secondary N) is 2. The van der Waals surface area contributed by atoms with Gasteiger partial charge in [0, 0.05) is 30.5 Å². The molecule has 21 heavy (non-hydrogen) atoms. The summed E-state index contributed by atoms with van der Waals surface area (Å²) >= 11 is 0. The quantitative estimate of drug-likeness (QED) is 0.753. The molecule has 0 aliphatic rings. The highest BCUT2D eigenvalue weighted by molar-refractivity contribution is 5.60. The van der Waals surface area contributed by atoms with E-state index < -0.39 is 0 Å². The van der Waals surface area contributed by atoms with Gasteiger partial charge in [0.15, 0.2) is 0 Å². The van der Waals surface area contributed by atoms with E-state index in [9.17, 15) is 0 Å². The molecule has 106 valence electrons. The molecule has 3 rings (SSSR count). The van der Waals surface area contributed by atoms with E-state index >= 15 is 0 Å². The fourth-order valence-corrected chi connectivity index (χ4v) is 2.20. The minimum Gasteiger partial charge on any atom is -0.304 e. The SMILES string of the molecule is C[C@@H](NCc1n[nH]nc1-c1ccccc1)c1cccnc1. The van der Waals surface area contributed by atoms with Crippen molar-refractivity contribution >= 4 is 0 Å². The van der Waals surface area contributed by atoms with Crippen molar-refractivity contribution in [2.75, 3.05) is 0 Å². The van der Waals surface area contributed by atoms with Crippen LogP contribution in [-0.2, 0) is 6.54 Å². The fourth-order valence-electron chi connectivity index (χ4n) is 2.20. The molecule has 1 atom stereocenters. The number of aromatic amines is 1. The van der Waals surface area contributed by atoms with Crippen LogP contribution in [0, 0.1) is 0 Å². The van der Waals surface area contributed by atoms with Crippen molar-refractivity contribution in [1.29, 1.82) is 0 Å². The van der Waals surface area contributed by atoms with Crippen molar-refractivity contribution < 1.29 is 0 Å². The van der Waals surface area contributed by atoms with Gasteiger partial charge in [-0.2, -0.15) is 15.4 Å². The average molecular weight is 279 g/mol. The minimum absolute atomic E-state index is 0.207. The van der Waals surface area contributed by atoms with Crippen molar-refractivity contribution in [1.82, 2.24) is 25.7 Å². The van der Waals surface area contributed by atoms with Crippen LogP contribution < -0.4 is 5.32 Å². The lowest BCUT2D eigenvalue weighted by molar-refractivity contribution is 0.566. The minimum atomic E-state index is 0.207. The smallest absolute Gasteiger partial charge is 0.117 e. The summed E-state index contributed by atoms with van der Waals surface area (Å²) in [6.45, 7) is 2.76. The monoisotopic (exact) mass is 279 g/mol. The van der Waals surface area contributed by atoms with Crippen LogP contribution in [0.2, 0.25) is 0 Å². The molecule has 0 saturated heterocycles. The molecule has 2 aromatic heterocycles. The van der Waals surface area contributed by atoms with Crippen molar-refractivity contribution in [3.8, 4) is 11.3 Å². The lowest BCUT2D eigenvalue weighted by Crippen LogP contribution is -2.18. The summed E-state index contributed by atoms with van der Waals surface area (Å²) in [5, 5.41) is 14.6. The standard InChI is InChI=1S/C16H17N5/c1-12(14-8-5-9-17-10-14)18-11-15-16(20-21-19-15)13-6-3-2-4-7-13/h2-10,12,18H,11H2,1H3,(H,19,20,21)/t12-/m1/s1. The number of rotatable bonds is 5. The number of hydrogen-bond donors (Lipinski definition) is 2. The number of hydrogen-bond acceptors (Lipinski definition) is 4. The van der Waals surface area contributed by atoms with Gasteiger partial charge in [0.1, 0.15) is 11.4 Å². The number of pyridine rings is 1. The summed E-state index contributed by atoms with van der Waals surface area (Å²) in [5.74, 6) is 0. The Labute approximate surface area is 123 Å². The molecule has 0 unspecified atom stereocenters. The van der Waals surface area contributed by atoms with Gasteiger partial charge in [-0.15, -0.1) is 0 Å². The molecule has 0 aliphatic heterocycles. The van der Waals surface area contributed by atoms with Crippen LogP contribution in [-0.4, -0.2) is 20.4 Å². The third kappa shape index (κ3) is 3.14. The van der Waals surface area contributed by atoms with Gasteiger partial charge in [0.05, 0.1) is 0 Å². The van der Waals surface area contributed by atoms with Crippen LogP contribution >= 0.6 is 0 Å². The van der Waals surface area contributed by atoms with Gasteiger partial charge < -0.3 is 5.32 Å². The Morgan fingerprint density at radius 1 is 1.10 bits per heavy atom. The van der Waals surface area contributed by atoms with E-state index in [1.165, 1.54) is 0 Å². The van der Waals surface area contributed by atoms with Crippen LogP contribution in [0.5, 0.6) is 0 Å². The molecule has 0 bridgehead atoms. The molecule has 0 aliphatic carbocycles. The molecule has 0 saturated carbocycles. The largest absolute Gasteiger partial charge is 0.304 e. The number of H-pyrrole nitrogens is 1. The summed E-state index contributed by atoms with van der Waals surface area (Å²) in [7, 11) is 0. The summed E-state index contributed by atoms with van der Waals surface area (Å²) in [6.07, 6.45) is 3.65. The first kappa shape index (κ1) is 13.5. The molecular formula is C16H17N5. The maximum absolute atomic E-state index is 4.25. The topological polar surface area (TPSA) is 66.5 Å². The molecule has 0 spiro atoms. The molecular weight excluding hydrogens is 262 g/mol. The van der Waals surface area contributed by atoms with Crippen molar-refractivity contribution in [2.24, 2.45) is 0 Å². The zero-order valence-corrected chi connectivity index (χ0v) is 11.8. The number of aromatic nitrogens is 4. The molecule has 2 N–H and O–H groups in total. The average Bonchev–Trinajstić information content (AvgIpc) is 3.03. The van der Waals surface area contributed by atoms with E-state index in [1.807, 2.05) is 42.6 Å². The van der Waals surface area contributed by atoms with E-state index in [1.54, 1.807) is 6.20 Å². The fraction of sp³-hybridized carbons (Fsp3) is 0.188. The van der Waals surface area contributed by atoms with Gasteiger partial charge in [-0.1, -0.05) is 36.4 Å². The van der Waals surface area contributed by atoms with E-state index in [0.29, 0.717) is 6.54 Å². The van der Waals surface area contributed by atoms with Crippen molar-refractivity contribution in [3.05, 3.63) is 66.1 Å². The van der Waals surface area contributed by atoms with Crippen LogP contribution in [0.3, 0.4) is 0 Å². The maximum atomic E-state index is 4.25. The molecule has 3 aromatic rings. The normalized spacial score (nSPS) is 12.2. The van der Waals surface area contributed by atoms with Crippen molar-refractivity contribution in [3.63, 3.8) is 0 Å². The molecule has 0 amide bonds. The zero-order valence-electron chi connectivity index (χ0n) is 11.8. The van der Waals surface area contributed by atoms with Crippen molar-refractivity contribution in [2.45, 2.75) is 19.5 Å². The summed E-state index contributed by atoms with van der Waals surface area (Å²) in [4.78, 5) is 4.14. The molecule has 0 fully saturated rings. The Hall–Kier alpha value is -2.53. The second-order valence-corrected chi connectivity index (χ2v) is 4.87. The second-order valence-electron chi connectivity index (χ2n) is 4.87. The van der Waals surface area contributed by atoms with Crippen LogP contribution in [0.1, 0.15) is 24.2 Å². The van der Waals surface area contributed by atoms with Crippen LogP contribution in [0.4, 0.5) is 0 Å². The summed E-state index contributed by atoms with van der Waals surface area (Å²) in [6, 6.07) is 14.3. The zero-order chi connectivity index (χ0) is 14.5. The summed E-state index contributed by atoms with van der Waals surface area (Å²) in [5.41, 5.74) is 4.03. The van der Waals surface area contributed by atoms with Gasteiger partial charge in [0.25, 0.3) is 0 Å². The lowest BCUT2D eigenvalue weighted by Gasteiger charge is -2.13. The lowest BCUT2D eigenvalue weighted by atomic mass is 10.1. The Morgan fingerprint density at radius 2 is 1.95 bits per heavy atom. The third-order valence-electron chi connectivity index (χ3n) is 3.43. The Balaban J connectivity index is 1.71. The molecule has 0 radical (unpaired) electrons. The van der Waals surface area contributed by atoms with E-state index in [2.05, 4.69) is 38.7 Å². The highest BCUT2D eigenvalue weighted by Crippen LogP contribution is 2.19. The molecule has 5 nitrogen and oxygen atoms in total. The van der Waals surface area contributed by atoms with E-state index in [-0.39, 0.29) is 6.04 Å². The second kappa shape index (κ2) is 6.28. The first-order chi connectivity index (χ1) is 10.3. The number of benzene rings is 1. The first-order valence-corrected chi connectivity index (χ1v) is 6.93. The van der Waals surface area contributed by atoms with Gasteiger partial charge in [-0.3, -0.25) is 4.98 Å². The Kier molecular flexibility index (Phi) is 4.02. The van der Waals surface area contributed by atoms with Gasteiger partial charge in [-0.25, -0.2) is 0 Å². The van der Waals surface area contributed by atoms with Crippen LogP contribution in [0.15, 0.2) is 54.9 Å². The molecule has 2 heterocycles. The van der Waals surface area contributed by atoms with Gasteiger partial charge in [-0.05, 0) is 18.6 Å². The Morgan fingerprint density at radius 3 is 2.71 bits per heavy atom. The highest BCUT2D eigenvalue weighted by atomic mass is 15.3. The van der Waals surface area contributed by atoms with E-state index in [0.717, 1.165) is 22.5 Å². The molecule has 1 aromatic carbocycles. The highest BCUT2D eigenvalue weighted by Gasteiger charge is 2.11. The van der Waals surface area contributed by atoms with E-state index in [4.69, 9.17) is 0 Å². The van der Waals surface area contributed by atoms with Gasteiger partial charge in [0.2, 0.25) is 0 Å². The Bertz CT molecular complexity index is 678. The third-order valence-corrected chi connectivity index (χ3v) is 3.43. The first-order valence-electron chi connectivity index (χ1n) is 6.93. The number of nitrogens with zero attached hydrogens (tertiary/aromatic N) is 3. The van der Waals surface area contributed by atoms with Crippen LogP contribution in [0.25, 0.3) is 11.3 Å². The van der Waals surface area contributed by atoms with Gasteiger partial charge >= 0.3 is 0 Å².